The quantitative estimate of drug-likeness (QED) is 0.402. The lowest BCUT2D eigenvalue weighted by Gasteiger charge is -2.22. The van der Waals surface area contributed by atoms with Crippen molar-refractivity contribution < 1.29 is 28.5 Å². The maximum atomic E-state index is 13.8. The number of alkyl halides is 1. The fraction of sp³-hybridized carbons (Fsp3) is 0.423. The molecule has 3 aromatic rings. The molecular formula is C26H33FN2O5. The first-order valence-electron chi connectivity index (χ1n) is 11.2. The minimum Gasteiger partial charge on any atom is -0.493 e. The van der Waals surface area contributed by atoms with E-state index < -0.39 is 17.7 Å². The molecule has 7 nitrogen and oxygen atoms in total. The summed E-state index contributed by atoms with van der Waals surface area (Å²) in [7, 11) is 3.21. The fourth-order valence-corrected chi connectivity index (χ4v) is 3.75. The lowest BCUT2D eigenvalue weighted by atomic mass is 9.96. The Morgan fingerprint density at radius 3 is 2.44 bits per heavy atom. The summed E-state index contributed by atoms with van der Waals surface area (Å²) in [5.41, 5.74) is 2.47. The summed E-state index contributed by atoms with van der Waals surface area (Å²) in [4.78, 5) is 15.6. The van der Waals surface area contributed by atoms with Gasteiger partial charge in [0.15, 0.2) is 18.1 Å². The molecule has 0 aliphatic heterocycles. The number of hydrogen-bond donors (Lipinski definition) is 3. The van der Waals surface area contributed by atoms with Gasteiger partial charge in [0.25, 0.3) is 5.91 Å². The zero-order chi connectivity index (χ0) is 25.0. The highest BCUT2D eigenvalue weighted by atomic mass is 19.1. The maximum Gasteiger partial charge on any atom is 0.258 e. The molecule has 0 spiro atoms. The molecule has 0 unspecified atom stereocenters. The number of aromatic amines is 1. The Morgan fingerprint density at radius 2 is 1.82 bits per heavy atom. The summed E-state index contributed by atoms with van der Waals surface area (Å²) in [5.74, 6) is 1.57. The molecule has 0 fully saturated rings. The third-order valence-corrected chi connectivity index (χ3v) is 5.67. The lowest BCUT2D eigenvalue weighted by Crippen LogP contribution is -2.43. The van der Waals surface area contributed by atoms with Gasteiger partial charge in [0.2, 0.25) is 0 Å². The number of methoxy groups -OCH3 is 2. The van der Waals surface area contributed by atoms with E-state index in [0.717, 1.165) is 27.7 Å². The zero-order valence-electron chi connectivity index (χ0n) is 20.5. The molecule has 34 heavy (non-hydrogen) atoms. The maximum absolute atomic E-state index is 13.8. The number of halogens is 1. The first-order valence-corrected chi connectivity index (χ1v) is 11.2. The van der Waals surface area contributed by atoms with Crippen LogP contribution in [0.15, 0.2) is 36.4 Å². The average molecular weight is 473 g/mol. The van der Waals surface area contributed by atoms with E-state index in [4.69, 9.17) is 14.2 Å². The number of ether oxygens (including phenoxy) is 3. The standard InChI is InChI=1S/C26H33FN2O5/c1-15(2)24-18-12-17(34-14-23(30)28-13-22(27)26(3,4)31)8-9-19(18)29-25(24)16-7-10-20(32-5)21(11-16)33-6/h7-12,15,22,29,31H,13-14H2,1-6H3,(H,28,30)/t22-/m1/s1. The highest BCUT2D eigenvalue weighted by Gasteiger charge is 2.26. The van der Waals surface area contributed by atoms with Crippen LogP contribution in [0.3, 0.4) is 0 Å². The third kappa shape index (κ3) is 5.62. The number of H-pyrrole nitrogens is 1. The van der Waals surface area contributed by atoms with Crippen molar-refractivity contribution in [2.45, 2.75) is 45.4 Å². The summed E-state index contributed by atoms with van der Waals surface area (Å²) < 4.78 is 30.3. The monoisotopic (exact) mass is 472 g/mol. The van der Waals surface area contributed by atoms with Gasteiger partial charge in [0, 0.05) is 16.5 Å². The van der Waals surface area contributed by atoms with E-state index in [1.165, 1.54) is 13.8 Å². The smallest absolute Gasteiger partial charge is 0.258 e. The Bertz CT molecular complexity index is 1150. The van der Waals surface area contributed by atoms with E-state index in [-0.39, 0.29) is 19.1 Å². The molecule has 8 heteroatoms. The van der Waals surface area contributed by atoms with E-state index in [1.807, 2.05) is 30.3 Å². The number of carbonyl (C=O) groups is 1. The summed E-state index contributed by atoms with van der Waals surface area (Å²) in [6.07, 6.45) is -1.57. The molecule has 3 N–H and O–H groups in total. The van der Waals surface area contributed by atoms with Crippen molar-refractivity contribution in [1.29, 1.82) is 0 Å². The predicted molar refractivity (Wildman–Crippen MR) is 131 cm³/mol. The largest absolute Gasteiger partial charge is 0.493 e. The average Bonchev–Trinajstić information content (AvgIpc) is 3.19. The van der Waals surface area contributed by atoms with Gasteiger partial charge in [-0.25, -0.2) is 4.39 Å². The van der Waals surface area contributed by atoms with Crippen LogP contribution in [0, 0.1) is 0 Å². The summed E-state index contributed by atoms with van der Waals surface area (Å²) in [6.45, 7) is 6.40. The molecule has 184 valence electrons. The van der Waals surface area contributed by atoms with Crippen LogP contribution < -0.4 is 19.5 Å². The SMILES string of the molecule is COc1ccc(-c2[nH]c3ccc(OCC(=O)NC[C@@H](F)C(C)(C)O)cc3c2C(C)C)cc1OC. The van der Waals surface area contributed by atoms with Crippen LogP contribution >= 0.6 is 0 Å². The molecule has 0 saturated carbocycles. The van der Waals surface area contributed by atoms with Gasteiger partial charge in [-0.1, -0.05) is 13.8 Å². The second-order valence-corrected chi connectivity index (χ2v) is 9.06. The highest BCUT2D eigenvalue weighted by Crippen LogP contribution is 2.39. The summed E-state index contributed by atoms with van der Waals surface area (Å²) in [5, 5.41) is 13.1. The number of carbonyl (C=O) groups excluding carboxylic acids is 1. The Hall–Kier alpha value is -3.26. The number of hydrogen-bond acceptors (Lipinski definition) is 5. The van der Waals surface area contributed by atoms with Crippen LogP contribution in [-0.2, 0) is 4.79 Å². The Morgan fingerprint density at radius 1 is 1.12 bits per heavy atom. The molecule has 0 bridgehead atoms. The highest BCUT2D eigenvalue weighted by molar-refractivity contribution is 5.92. The molecular weight excluding hydrogens is 439 g/mol. The Kier molecular flexibility index (Phi) is 7.71. The van der Waals surface area contributed by atoms with E-state index in [2.05, 4.69) is 24.1 Å². The van der Waals surface area contributed by atoms with Gasteiger partial charge in [-0.3, -0.25) is 4.79 Å². The molecule has 1 aromatic heterocycles. The first-order chi connectivity index (χ1) is 16.0. The van der Waals surface area contributed by atoms with Gasteiger partial charge < -0.3 is 29.6 Å². The van der Waals surface area contributed by atoms with E-state index in [0.29, 0.717) is 17.2 Å². The number of rotatable bonds is 10. The molecule has 0 aliphatic rings. The molecule has 3 rings (SSSR count). The molecule has 1 atom stereocenters. The summed E-state index contributed by atoms with van der Waals surface area (Å²) >= 11 is 0. The zero-order valence-corrected chi connectivity index (χ0v) is 20.5. The van der Waals surface area contributed by atoms with Gasteiger partial charge in [0.05, 0.1) is 32.1 Å². The topological polar surface area (TPSA) is 92.8 Å². The second kappa shape index (κ2) is 10.3. The van der Waals surface area contributed by atoms with E-state index in [9.17, 15) is 14.3 Å². The Labute approximate surface area is 199 Å². The molecule has 1 amide bonds. The number of nitrogens with one attached hydrogen (secondary N) is 2. The predicted octanol–water partition coefficient (Wildman–Crippen LogP) is 4.58. The van der Waals surface area contributed by atoms with Crippen molar-refractivity contribution in [1.82, 2.24) is 10.3 Å². The van der Waals surface area contributed by atoms with Crippen LogP contribution in [0.1, 0.15) is 39.2 Å². The number of amides is 1. The van der Waals surface area contributed by atoms with Gasteiger partial charge in [0.1, 0.15) is 11.9 Å². The normalized spacial score (nSPS) is 12.6. The fourth-order valence-electron chi connectivity index (χ4n) is 3.75. The van der Waals surface area contributed by atoms with Crippen LogP contribution in [0.4, 0.5) is 4.39 Å². The molecule has 2 aromatic carbocycles. The van der Waals surface area contributed by atoms with Crippen LogP contribution in [0.2, 0.25) is 0 Å². The third-order valence-electron chi connectivity index (χ3n) is 5.67. The van der Waals surface area contributed by atoms with Crippen molar-refractivity contribution in [3.8, 4) is 28.5 Å². The van der Waals surface area contributed by atoms with Crippen LogP contribution in [-0.4, -0.2) is 55.1 Å². The minimum atomic E-state index is -1.57. The second-order valence-electron chi connectivity index (χ2n) is 9.06. The molecule has 0 radical (unpaired) electrons. The lowest BCUT2D eigenvalue weighted by molar-refractivity contribution is -0.123. The van der Waals surface area contributed by atoms with Crippen molar-refractivity contribution >= 4 is 16.8 Å². The molecule has 0 saturated heterocycles. The van der Waals surface area contributed by atoms with Crippen molar-refractivity contribution in [3.63, 3.8) is 0 Å². The molecule has 0 aliphatic carbocycles. The van der Waals surface area contributed by atoms with E-state index in [1.54, 1.807) is 20.3 Å². The van der Waals surface area contributed by atoms with Crippen LogP contribution in [0.25, 0.3) is 22.2 Å². The number of benzene rings is 2. The van der Waals surface area contributed by atoms with Gasteiger partial charge in [-0.15, -0.1) is 0 Å². The van der Waals surface area contributed by atoms with Gasteiger partial charge >= 0.3 is 0 Å². The number of fused-ring (bicyclic) bond motifs is 1. The van der Waals surface area contributed by atoms with Crippen molar-refractivity contribution in [2.24, 2.45) is 0 Å². The van der Waals surface area contributed by atoms with E-state index >= 15 is 0 Å². The molecule has 1 heterocycles. The van der Waals surface area contributed by atoms with Gasteiger partial charge in [-0.05, 0) is 61.7 Å². The minimum absolute atomic E-state index is 0.207. The summed E-state index contributed by atoms with van der Waals surface area (Å²) in [6, 6.07) is 11.4. The number of aromatic nitrogens is 1. The van der Waals surface area contributed by atoms with Crippen molar-refractivity contribution in [3.05, 3.63) is 42.0 Å². The van der Waals surface area contributed by atoms with Gasteiger partial charge in [-0.2, -0.15) is 0 Å². The van der Waals surface area contributed by atoms with Crippen molar-refractivity contribution in [2.75, 3.05) is 27.4 Å². The first kappa shape index (κ1) is 25.4. The van der Waals surface area contributed by atoms with Crippen LogP contribution in [0.5, 0.6) is 17.2 Å². The Balaban J connectivity index is 1.83. The number of aliphatic hydroxyl groups is 1.